The van der Waals surface area contributed by atoms with Crippen LogP contribution in [0.4, 0.5) is 0 Å². The second-order valence-corrected chi connectivity index (χ2v) is 8.61. The molecule has 2 heterocycles. The molecule has 0 saturated heterocycles. The van der Waals surface area contributed by atoms with Gasteiger partial charge in [-0.15, -0.1) is 0 Å². The molecule has 0 aromatic heterocycles. The molecule has 0 fully saturated rings. The summed E-state index contributed by atoms with van der Waals surface area (Å²) in [6.45, 7) is 4.41. The van der Waals surface area contributed by atoms with Crippen molar-refractivity contribution in [3.05, 3.63) is 42.6 Å². The SMILES string of the molecule is CC1=C(C)SC(=C2Sc3ccccc3S2)S1. The van der Waals surface area contributed by atoms with Crippen LogP contribution < -0.4 is 0 Å². The fourth-order valence-corrected chi connectivity index (χ4v) is 6.78. The van der Waals surface area contributed by atoms with Crippen LogP contribution in [-0.4, -0.2) is 0 Å². The Morgan fingerprint density at radius 3 is 1.62 bits per heavy atom. The van der Waals surface area contributed by atoms with E-state index in [9.17, 15) is 0 Å². The van der Waals surface area contributed by atoms with E-state index in [0.717, 1.165) is 0 Å². The molecule has 0 radical (unpaired) electrons. The summed E-state index contributed by atoms with van der Waals surface area (Å²) in [4.78, 5) is 5.70. The van der Waals surface area contributed by atoms with Crippen LogP contribution in [0.5, 0.6) is 0 Å². The Morgan fingerprint density at radius 2 is 1.12 bits per heavy atom. The van der Waals surface area contributed by atoms with Crippen LogP contribution in [-0.2, 0) is 0 Å². The lowest BCUT2D eigenvalue weighted by atomic mass is 10.4. The van der Waals surface area contributed by atoms with Gasteiger partial charge in [0.25, 0.3) is 0 Å². The van der Waals surface area contributed by atoms with Gasteiger partial charge in [0.05, 0.1) is 8.47 Å². The maximum absolute atomic E-state index is 2.21. The zero-order valence-electron chi connectivity index (χ0n) is 8.94. The Labute approximate surface area is 113 Å². The van der Waals surface area contributed by atoms with E-state index in [1.165, 1.54) is 28.1 Å². The highest BCUT2D eigenvalue weighted by molar-refractivity contribution is 8.32. The van der Waals surface area contributed by atoms with E-state index < -0.39 is 0 Å². The van der Waals surface area contributed by atoms with Gasteiger partial charge in [-0.25, -0.2) is 0 Å². The topological polar surface area (TPSA) is 0 Å². The smallest absolute Gasteiger partial charge is 0.0706 e. The van der Waals surface area contributed by atoms with Crippen molar-refractivity contribution >= 4 is 47.0 Å². The van der Waals surface area contributed by atoms with Crippen molar-refractivity contribution in [2.45, 2.75) is 23.6 Å². The number of fused-ring (bicyclic) bond motifs is 1. The van der Waals surface area contributed by atoms with Crippen molar-refractivity contribution in [3.8, 4) is 0 Å². The molecule has 0 spiro atoms. The van der Waals surface area contributed by atoms with E-state index in [1.807, 2.05) is 47.0 Å². The van der Waals surface area contributed by atoms with Gasteiger partial charge < -0.3 is 0 Å². The molecule has 0 unspecified atom stereocenters. The Morgan fingerprint density at radius 1 is 0.688 bits per heavy atom. The van der Waals surface area contributed by atoms with Gasteiger partial charge in [-0.2, -0.15) is 0 Å². The molecular weight excluding hydrogens is 272 g/mol. The number of rotatable bonds is 0. The van der Waals surface area contributed by atoms with E-state index >= 15 is 0 Å². The van der Waals surface area contributed by atoms with Crippen LogP contribution in [0.3, 0.4) is 0 Å². The second kappa shape index (κ2) is 4.41. The monoisotopic (exact) mass is 282 g/mol. The van der Waals surface area contributed by atoms with Crippen molar-refractivity contribution in [2.75, 3.05) is 0 Å². The summed E-state index contributed by atoms with van der Waals surface area (Å²) >= 11 is 7.67. The van der Waals surface area contributed by atoms with Crippen LogP contribution in [0, 0.1) is 0 Å². The summed E-state index contributed by atoms with van der Waals surface area (Å²) < 4.78 is 2.91. The molecule has 0 N–H and O–H groups in total. The Kier molecular flexibility index (Phi) is 3.09. The van der Waals surface area contributed by atoms with Gasteiger partial charge in [0.2, 0.25) is 0 Å². The van der Waals surface area contributed by atoms with Crippen molar-refractivity contribution in [1.82, 2.24) is 0 Å². The highest BCUT2D eigenvalue weighted by atomic mass is 32.2. The van der Waals surface area contributed by atoms with Crippen LogP contribution in [0.2, 0.25) is 0 Å². The van der Waals surface area contributed by atoms with Gasteiger partial charge in [-0.3, -0.25) is 0 Å². The minimum Gasteiger partial charge on any atom is -0.0849 e. The molecule has 1 aromatic carbocycles. The summed E-state index contributed by atoms with van der Waals surface area (Å²) in [5.41, 5.74) is 0. The van der Waals surface area contributed by atoms with Crippen LogP contribution in [0.15, 0.2) is 52.3 Å². The van der Waals surface area contributed by atoms with Crippen molar-refractivity contribution in [3.63, 3.8) is 0 Å². The average molecular weight is 282 g/mol. The first kappa shape index (κ1) is 11.2. The Bertz CT molecular complexity index is 471. The third kappa shape index (κ3) is 1.96. The van der Waals surface area contributed by atoms with Crippen LogP contribution in [0.1, 0.15) is 13.8 Å². The van der Waals surface area contributed by atoms with Crippen LogP contribution in [0.25, 0.3) is 0 Å². The largest absolute Gasteiger partial charge is 0.0849 e. The quantitative estimate of drug-likeness (QED) is 0.594. The number of hydrogen-bond acceptors (Lipinski definition) is 4. The molecule has 4 heteroatoms. The summed E-state index contributed by atoms with van der Waals surface area (Å²) in [6, 6.07) is 8.64. The molecule has 0 saturated carbocycles. The Balaban J connectivity index is 1.90. The zero-order chi connectivity index (χ0) is 11.1. The number of hydrogen-bond donors (Lipinski definition) is 0. The van der Waals surface area contributed by atoms with E-state index in [2.05, 4.69) is 38.1 Å². The summed E-state index contributed by atoms with van der Waals surface area (Å²) in [5.74, 6) is 0. The molecule has 0 amide bonds. The molecule has 2 aliphatic heterocycles. The molecule has 0 atom stereocenters. The van der Waals surface area contributed by atoms with Crippen LogP contribution >= 0.6 is 47.0 Å². The fraction of sp³-hybridized carbons (Fsp3) is 0.167. The minimum absolute atomic E-state index is 1.40. The molecule has 0 nitrogen and oxygen atoms in total. The first-order valence-electron chi connectivity index (χ1n) is 4.96. The summed E-state index contributed by atoms with van der Waals surface area (Å²) in [6.07, 6.45) is 0. The highest BCUT2D eigenvalue weighted by Crippen LogP contribution is 2.60. The number of thioether (sulfide) groups is 4. The molecule has 3 rings (SSSR count). The summed E-state index contributed by atoms with van der Waals surface area (Å²) in [5, 5.41) is 0. The standard InChI is InChI=1S/C12H10S4/c1-7-8(2)14-11(13-7)12-15-9-5-3-4-6-10(9)16-12/h3-6H,1-2H3. The van der Waals surface area contributed by atoms with E-state index in [0.29, 0.717) is 0 Å². The van der Waals surface area contributed by atoms with Gasteiger partial charge in [0, 0.05) is 9.79 Å². The van der Waals surface area contributed by atoms with Crippen molar-refractivity contribution < 1.29 is 0 Å². The van der Waals surface area contributed by atoms with Gasteiger partial charge in [-0.1, -0.05) is 59.2 Å². The van der Waals surface area contributed by atoms with E-state index in [4.69, 9.17) is 0 Å². The van der Waals surface area contributed by atoms with Gasteiger partial charge in [0.1, 0.15) is 0 Å². The number of benzene rings is 1. The summed E-state index contributed by atoms with van der Waals surface area (Å²) in [7, 11) is 0. The van der Waals surface area contributed by atoms with Gasteiger partial charge in [-0.05, 0) is 35.8 Å². The third-order valence-electron chi connectivity index (χ3n) is 2.41. The molecule has 1 aromatic rings. The lowest BCUT2D eigenvalue weighted by molar-refractivity contribution is 1.27. The minimum atomic E-state index is 1.40. The molecule has 2 aliphatic rings. The lowest BCUT2D eigenvalue weighted by Gasteiger charge is -1.99. The maximum Gasteiger partial charge on any atom is 0.0706 e. The second-order valence-electron chi connectivity index (χ2n) is 3.54. The Hall–Kier alpha value is 0.1000. The predicted octanol–water partition coefficient (Wildman–Crippen LogP) is 5.74. The third-order valence-corrected chi connectivity index (χ3v) is 8.12. The fourth-order valence-electron chi connectivity index (χ4n) is 1.45. The average Bonchev–Trinajstić information content (AvgIpc) is 2.83. The molecule has 82 valence electrons. The van der Waals surface area contributed by atoms with Crippen molar-refractivity contribution in [1.29, 1.82) is 0 Å². The van der Waals surface area contributed by atoms with E-state index in [1.54, 1.807) is 0 Å². The van der Waals surface area contributed by atoms with Crippen molar-refractivity contribution in [2.24, 2.45) is 0 Å². The molecule has 16 heavy (non-hydrogen) atoms. The predicted molar refractivity (Wildman–Crippen MR) is 78.7 cm³/mol. The first-order chi connectivity index (χ1) is 7.74. The first-order valence-corrected chi connectivity index (χ1v) is 8.23. The zero-order valence-corrected chi connectivity index (χ0v) is 12.2. The molecule has 0 aliphatic carbocycles. The van der Waals surface area contributed by atoms with Gasteiger partial charge >= 0.3 is 0 Å². The highest BCUT2D eigenvalue weighted by Gasteiger charge is 2.25. The van der Waals surface area contributed by atoms with Gasteiger partial charge in [0.15, 0.2) is 0 Å². The molecular formula is C12H10S4. The van der Waals surface area contributed by atoms with E-state index in [-0.39, 0.29) is 0 Å². The lowest BCUT2D eigenvalue weighted by Crippen LogP contribution is -1.65. The number of allylic oxidation sites excluding steroid dienone is 2. The molecule has 0 bridgehead atoms. The maximum atomic E-state index is 2.21. The normalized spacial score (nSPS) is 19.6.